The lowest BCUT2D eigenvalue weighted by molar-refractivity contribution is -0.137. The Bertz CT molecular complexity index is 499. The van der Waals surface area contributed by atoms with Gasteiger partial charge in [-0.3, -0.25) is 4.79 Å². The maximum Gasteiger partial charge on any atom is 0.305 e. The summed E-state index contributed by atoms with van der Waals surface area (Å²) in [5.41, 5.74) is 7.56. The highest BCUT2D eigenvalue weighted by Crippen LogP contribution is 2.42. The van der Waals surface area contributed by atoms with Crippen molar-refractivity contribution in [2.45, 2.75) is 38.3 Å². The molecule has 0 bridgehead atoms. The number of carboxylic acids is 1. The first-order valence-corrected chi connectivity index (χ1v) is 6.56. The van der Waals surface area contributed by atoms with Crippen molar-refractivity contribution in [3.8, 4) is 5.75 Å². The molecule has 1 unspecified atom stereocenters. The molecular formula is C13H16BrNO3. The number of aliphatic carboxylic acids is 1. The Morgan fingerprint density at radius 2 is 2.28 bits per heavy atom. The Labute approximate surface area is 114 Å². The van der Waals surface area contributed by atoms with E-state index in [0.29, 0.717) is 0 Å². The van der Waals surface area contributed by atoms with Gasteiger partial charge >= 0.3 is 5.97 Å². The molecule has 0 radical (unpaired) electrons. The second-order valence-corrected chi connectivity index (χ2v) is 6.09. The van der Waals surface area contributed by atoms with Gasteiger partial charge < -0.3 is 15.6 Å². The average molecular weight is 314 g/mol. The zero-order chi connectivity index (χ0) is 13.5. The zero-order valence-electron chi connectivity index (χ0n) is 10.4. The molecular weight excluding hydrogens is 298 g/mol. The van der Waals surface area contributed by atoms with Gasteiger partial charge in [0.15, 0.2) is 0 Å². The van der Waals surface area contributed by atoms with Crippen molar-refractivity contribution in [1.29, 1.82) is 0 Å². The van der Waals surface area contributed by atoms with Gasteiger partial charge in [-0.1, -0.05) is 6.07 Å². The van der Waals surface area contributed by atoms with Gasteiger partial charge in [0.05, 0.1) is 10.9 Å². The number of rotatable bonds is 3. The number of hydrogen-bond donors (Lipinski definition) is 2. The van der Waals surface area contributed by atoms with Crippen molar-refractivity contribution in [3.05, 3.63) is 27.7 Å². The van der Waals surface area contributed by atoms with E-state index in [4.69, 9.17) is 15.6 Å². The average Bonchev–Trinajstić information content (AvgIpc) is 2.52. The van der Waals surface area contributed by atoms with Gasteiger partial charge in [0, 0.05) is 12.5 Å². The Balaban J connectivity index is 2.32. The third-order valence-corrected chi connectivity index (χ3v) is 3.55. The summed E-state index contributed by atoms with van der Waals surface area (Å²) in [5.74, 6) is -0.0537. The molecule has 1 aromatic rings. The Hall–Kier alpha value is -1.07. The number of fused-ring (bicyclic) bond motifs is 1. The van der Waals surface area contributed by atoms with E-state index in [1.165, 1.54) is 0 Å². The lowest BCUT2D eigenvalue weighted by Crippen LogP contribution is -2.24. The van der Waals surface area contributed by atoms with E-state index in [1.54, 1.807) is 0 Å². The fourth-order valence-electron chi connectivity index (χ4n) is 2.21. The molecule has 0 fully saturated rings. The molecule has 0 saturated carbocycles. The van der Waals surface area contributed by atoms with Gasteiger partial charge in [-0.2, -0.15) is 0 Å². The quantitative estimate of drug-likeness (QED) is 0.899. The normalized spacial score (nSPS) is 18.0. The van der Waals surface area contributed by atoms with Crippen LogP contribution in [0.1, 0.15) is 37.4 Å². The second-order valence-electron chi connectivity index (χ2n) is 5.23. The maximum absolute atomic E-state index is 10.7. The number of halogens is 1. The predicted octanol–water partition coefficient (Wildman–Crippen LogP) is 2.64. The number of hydrogen-bond acceptors (Lipinski definition) is 3. The van der Waals surface area contributed by atoms with Crippen molar-refractivity contribution < 1.29 is 14.6 Å². The molecule has 1 atom stereocenters. The molecule has 1 aliphatic heterocycles. The van der Waals surface area contributed by atoms with Crippen LogP contribution in [0.5, 0.6) is 5.75 Å². The van der Waals surface area contributed by atoms with Gasteiger partial charge in [-0.25, -0.2) is 0 Å². The fourth-order valence-corrected chi connectivity index (χ4v) is 2.81. The van der Waals surface area contributed by atoms with Gasteiger partial charge in [0.1, 0.15) is 11.4 Å². The highest BCUT2D eigenvalue weighted by atomic mass is 79.9. The molecule has 0 aromatic heterocycles. The summed E-state index contributed by atoms with van der Waals surface area (Å²) in [4.78, 5) is 10.7. The maximum atomic E-state index is 10.7. The van der Waals surface area contributed by atoms with Crippen LogP contribution < -0.4 is 10.5 Å². The molecule has 18 heavy (non-hydrogen) atoms. The fraction of sp³-hybridized carbons (Fsp3) is 0.462. The number of nitrogens with two attached hydrogens (primary N) is 1. The Kier molecular flexibility index (Phi) is 3.38. The van der Waals surface area contributed by atoms with E-state index in [9.17, 15) is 4.79 Å². The molecule has 2 rings (SSSR count). The standard InChI is InChI=1S/C13H16BrNO3/c1-13(2)6-8-3-7(10(15)5-11(16)17)4-9(14)12(8)18-13/h3-4,10H,5-6,15H2,1-2H3,(H,16,17). The molecule has 4 nitrogen and oxygen atoms in total. The second kappa shape index (κ2) is 4.55. The van der Waals surface area contributed by atoms with Crippen LogP contribution in [0.3, 0.4) is 0 Å². The van der Waals surface area contributed by atoms with E-state index in [1.807, 2.05) is 26.0 Å². The number of benzene rings is 1. The summed E-state index contributed by atoms with van der Waals surface area (Å²) >= 11 is 3.46. The third kappa shape index (κ3) is 2.67. The van der Waals surface area contributed by atoms with E-state index < -0.39 is 12.0 Å². The largest absolute Gasteiger partial charge is 0.486 e. The molecule has 0 spiro atoms. The predicted molar refractivity (Wildman–Crippen MR) is 71.7 cm³/mol. The SMILES string of the molecule is CC1(C)Cc2cc(C(N)CC(=O)O)cc(Br)c2O1. The van der Waals surface area contributed by atoms with E-state index in [-0.39, 0.29) is 12.0 Å². The number of carboxylic acid groups (broad SMARTS) is 1. The van der Waals surface area contributed by atoms with Crippen LogP contribution in [0.4, 0.5) is 0 Å². The number of ether oxygens (including phenoxy) is 1. The topological polar surface area (TPSA) is 72.6 Å². The monoisotopic (exact) mass is 313 g/mol. The van der Waals surface area contributed by atoms with Crippen LogP contribution in [-0.4, -0.2) is 16.7 Å². The molecule has 0 amide bonds. The first kappa shape index (κ1) is 13.4. The summed E-state index contributed by atoms with van der Waals surface area (Å²) in [6.45, 7) is 4.05. The third-order valence-electron chi connectivity index (χ3n) is 2.96. The minimum atomic E-state index is -0.893. The van der Waals surface area contributed by atoms with Gasteiger partial charge in [0.2, 0.25) is 0 Å². The van der Waals surface area contributed by atoms with Gasteiger partial charge in [0.25, 0.3) is 0 Å². The molecule has 1 aromatic carbocycles. The van der Waals surface area contributed by atoms with Crippen LogP contribution in [-0.2, 0) is 11.2 Å². The van der Waals surface area contributed by atoms with Crippen molar-refractivity contribution in [3.63, 3.8) is 0 Å². The van der Waals surface area contributed by atoms with Gasteiger partial charge in [-0.15, -0.1) is 0 Å². The smallest absolute Gasteiger partial charge is 0.305 e. The van der Waals surface area contributed by atoms with Crippen LogP contribution in [0.15, 0.2) is 16.6 Å². The van der Waals surface area contributed by atoms with Crippen LogP contribution in [0.2, 0.25) is 0 Å². The van der Waals surface area contributed by atoms with Crippen LogP contribution in [0.25, 0.3) is 0 Å². The lowest BCUT2D eigenvalue weighted by atomic mass is 9.97. The van der Waals surface area contributed by atoms with Gasteiger partial charge in [-0.05, 0) is 47.0 Å². The molecule has 0 saturated heterocycles. The van der Waals surface area contributed by atoms with E-state index in [2.05, 4.69) is 15.9 Å². The summed E-state index contributed by atoms with van der Waals surface area (Å²) in [6, 6.07) is 3.30. The molecule has 1 heterocycles. The van der Waals surface area contributed by atoms with Crippen LogP contribution >= 0.6 is 15.9 Å². The molecule has 3 N–H and O–H groups in total. The van der Waals surface area contributed by atoms with Crippen molar-refractivity contribution >= 4 is 21.9 Å². The summed E-state index contributed by atoms with van der Waals surface area (Å²) in [6.07, 6.45) is 0.726. The minimum Gasteiger partial charge on any atom is -0.486 e. The van der Waals surface area contributed by atoms with E-state index >= 15 is 0 Å². The van der Waals surface area contributed by atoms with Crippen molar-refractivity contribution in [1.82, 2.24) is 0 Å². The number of carbonyl (C=O) groups is 1. The molecule has 1 aliphatic rings. The molecule has 0 aliphatic carbocycles. The summed E-state index contributed by atoms with van der Waals surface area (Å²) in [5, 5.41) is 8.77. The minimum absolute atomic E-state index is 0.0739. The highest BCUT2D eigenvalue weighted by molar-refractivity contribution is 9.10. The molecule has 98 valence electrons. The van der Waals surface area contributed by atoms with Crippen molar-refractivity contribution in [2.24, 2.45) is 5.73 Å². The van der Waals surface area contributed by atoms with Crippen molar-refractivity contribution in [2.75, 3.05) is 0 Å². The Morgan fingerprint density at radius 1 is 1.61 bits per heavy atom. The first-order chi connectivity index (χ1) is 8.28. The lowest BCUT2D eigenvalue weighted by Gasteiger charge is -2.17. The highest BCUT2D eigenvalue weighted by Gasteiger charge is 2.32. The summed E-state index contributed by atoms with van der Waals surface area (Å²) < 4.78 is 6.67. The Morgan fingerprint density at radius 3 is 2.89 bits per heavy atom. The zero-order valence-corrected chi connectivity index (χ0v) is 12.0. The molecule has 5 heteroatoms. The summed E-state index contributed by atoms with van der Waals surface area (Å²) in [7, 11) is 0. The van der Waals surface area contributed by atoms with E-state index in [0.717, 1.165) is 27.8 Å². The van der Waals surface area contributed by atoms with Crippen LogP contribution in [0, 0.1) is 0 Å². The first-order valence-electron chi connectivity index (χ1n) is 5.77.